The minimum atomic E-state index is -1.34. The van der Waals surface area contributed by atoms with E-state index in [0.717, 1.165) is 17.7 Å². The third-order valence-corrected chi connectivity index (χ3v) is 13.7. The first-order chi connectivity index (χ1) is 27.1. The van der Waals surface area contributed by atoms with Crippen molar-refractivity contribution in [2.75, 3.05) is 39.0 Å². The maximum absolute atomic E-state index is 13.8. The molecule has 2 aromatic rings. The fraction of sp³-hybridized carbons (Fsp3) is 0.447. The maximum Gasteiger partial charge on any atom is 0.352 e. The van der Waals surface area contributed by atoms with Crippen LogP contribution in [-0.4, -0.2) is 145 Å². The summed E-state index contributed by atoms with van der Waals surface area (Å²) in [6.07, 6.45) is 2.94. The van der Waals surface area contributed by atoms with Gasteiger partial charge in [0.15, 0.2) is 11.5 Å². The second kappa shape index (κ2) is 15.5. The molecular formula is C38H43ClN7O10S+. The fourth-order valence-corrected chi connectivity index (χ4v) is 10.5. The standard InChI is InChI=1S/C38H42ClN7O10S/c1-3-43-13-14-44(35(53)34(43)52)38(56)42-27(19-7-5-4-6-8-19)32(50)41-28-33(51)45-29(37(54)55)20(18-57-36(28)45)17-46(2)22-9-10-23(46)16-21(15-22)40-31(49)24-11-12-25(47)30(48)26(24)39/h4-8,11-12,21-23,27-28,36H,3,9-10,13-18H2,1-2H3,(H5-,40,41,42,47,48,49,50,52,53,54,55,56)/p+1/t21?,22-,23-,27+,28?,36-,46?/m1/s1. The predicted octanol–water partition coefficient (Wildman–Crippen LogP) is 1.50. The van der Waals surface area contributed by atoms with Crippen molar-refractivity contribution in [3.8, 4) is 11.5 Å². The summed E-state index contributed by atoms with van der Waals surface area (Å²) in [7, 11) is 2.07. The van der Waals surface area contributed by atoms with Crippen LogP contribution in [0.2, 0.25) is 5.02 Å². The summed E-state index contributed by atoms with van der Waals surface area (Å²) in [6, 6.07) is 7.33. The number of likely N-dealkylation sites (N-methyl/N-ethyl adjacent to an activating group) is 2. The van der Waals surface area contributed by atoms with Gasteiger partial charge in [0.25, 0.3) is 11.8 Å². The van der Waals surface area contributed by atoms with Crippen LogP contribution in [0.3, 0.4) is 0 Å². The van der Waals surface area contributed by atoms with Gasteiger partial charge in [-0.25, -0.2) is 9.59 Å². The zero-order chi connectivity index (χ0) is 40.9. The minimum absolute atomic E-state index is 0.0384. The van der Waals surface area contributed by atoms with Crippen LogP contribution in [0.1, 0.15) is 54.6 Å². The molecule has 2 aromatic carbocycles. The summed E-state index contributed by atoms with van der Waals surface area (Å²) < 4.78 is 0.534. The number of imide groups is 1. The maximum atomic E-state index is 13.8. The number of carbonyl (C=O) groups excluding carboxylic acids is 6. The lowest BCUT2D eigenvalue weighted by Gasteiger charge is -2.52. The Kier molecular flexibility index (Phi) is 10.9. The van der Waals surface area contributed by atoms with Gasteiger partial charge < -0.3 is 40.7 Å². The second-order valence-corrected chi connectivity index (χ2v) is 16.6. The molecule has 0 aromatic heterocycles. The van der Waals surface area contributed by atoms with Crippen molar-refractivity contribution in [1.82, 2.24) is 30.7 Å². The van der Waals surface area contributed by atoms with Crippen molar-refractivity contribution < 1.29 is 53.4 Å². The Morgan fingerprint density at radius 3 is 2.30 bits per heavy atom. The number of phenols is 2. The molecule has 302 valence electrons. The molecule has 0 radical (unpaired) electrons. The number of hydrogen-bond acceptors (Lipinski definition) is 10. The van der Waals surface area contributed by atoms with Gasteiger partial charge in [0, 0.05) is 62.7 Å². The number of benzene rings is 2. The quantitative estimate of drug-likeness (QED) is 0.0872. The van der Waals surface area contributed by atoms with E-state index in [2.05, 4.69) is 23.0 Å². The third-order valence-electron chi connectivity index (χ3n) is 12.0. The van der Waals surface area contributed by atoms with E-state index in [1.54, 1.807) is 37.3 Å². The van der Waals surface area contributed by atoms with E-state index in [9.17, 15) is 48.9 Å². The molecule has 17 nitrogen and oxygen atoms in total. The van der Waals surface area contributed by atoms with Crippen LogP contribution >= 0.6 is 23.4 Å². The van der Waals surface area contributed by atoms with Crippen molar-refractivity contribution in [2.45, 2.75) is 68.2 Å². The van der Waals surface area contributed by atoms with Crippen molar-refractivity contribution >= 4 is 64.9 Å². The van der Waals surface area contributed by atoms with E-state index in [-0.39, 0.29) is 53.3 Å². The Balaban J connectivity index is 1.03. The van der Waals surface area contributed by atoms with Crippen LogP contribution < -0.4 is 16.0 Å². The van der Waals surface area contributed by atoms with Crippen LogP contribution in [0.15, 0.2) is 53.7 Å². The number of carboxylic acids is 1. The van der Waals surface area contributed by atoms with Crippen LogP contribution in [0.5, 0.6) is 11.5 Å². The van der Waals surface area contributed by atoms with Crippen molar-refractivity contribution in [2.24, 2.45) is 0 Å². The number of β-lactam (4-membered cyclic amide) rings is 1. The first-order valence-electron chi connectivity index (χ1n) is 18.7. The van der Waals surface area contributed by atoms with Gasteiger partial charge in [-0.15, -0.1) is 11.8 Å². The molecule has 5 atom stereocenters. The van der Waals surface area contributed by atoms with Crippen LogP contribution in [-0.2, 0) is 24.0 Å². The molecule has 57 heavy (non-hydrogen) atoms. The number of aliphatic carboxylic acids is 1. The highest BCUT2D eigenvalue weighted by Crippen LogP contribution is 2.46. The highest BCUT2D eigenvalue weighted by molar-refractivity contribution is 8.00. The number of nitrogens with zero attached hydrogens (tertiary/aromatic N) is 4. The lowest BCUT2D eigenvalue weighted by molar-refractivity contribution is -0.944. The molecule has 0 saturated carbocycles. The Morgan fingerprint density at radius 2 is 1.65 bits per heavy atom. The number of quaternary nitrogens is 1. The first kappa shape index (κ1) is 39.9. The Hall–Kier alpha value is -5.33. The number of phenolic OH excluding ortho intramolecular Hbond substituents is 2. The van der Waals surface area contributed by atoms with Gasteiger partial charge in [0.1, 0.15) is 29.7 Å². The number of aromatic hydroxyl groups is 2. The molecule has 7 amide bonds. The van der Waals surface area contributed by atoms with Crippen molar-refractivity contribution in [3.05, 3.63) is 69.9 Å². The minimum Gasteiger partial charge on any atom is -0.504 e. The largest absolute Gasteiger partial charge is 0.504 e. The summed E-state index contributed by atoms with van der Waals surface area (Å²) in [5.74, 6) is -5.66. The zero-order valence-corrected chi connectivity index (χ0v) is 32.7. The third kappa shape index (κ3) is 7.14. The molecule has 19 heteroatoms. The van der Waals surface area contributed by atoms with Gasteiger partial charge in [-0.2, -0.15) is 0 Å². The molecule has 0 spiro atoms. The van der Waals surface area contributed by atoms with Gasteiger partial charge in [0.2, 0.25) is 5.91 Å². The number of piperazine rings is 1. The van der Waals surface area contributed by atoms with Gasteiger partial charge >= 0.3 is 23.8 Å². The number of amides is 7. The molecular weight excluding hydrogens is 782 g/mol. The number of hydrogen-bond donors (Lipinski definition) is 6. The van der Waals surface area contributed by atoms with Crippen molar-refractivity contribution in [1.29, 1.82) is 0 Å². The molecule has 0 aliphatic carbocycles. The Labute approximate surface area is 336 Å². The molecule has 5 heterocycles. The number of fused-ring (bicyclic) bond motifs is 3. The van der Waals surface area contributed by atoms with E-state index < -0.39 is 70.5 Å². The summed E-state index contributed by atoms with van der Waals surface area (Å²) in [4.78, 5) is 95.3. The van der Waals surface area contributed by atoms with Crippen LogP contribution in [0.4, 0.5) is 4.79 Å². The lowest BCUT2D eigenvalue weighted by atomic mass is 9.92. The van der Waals surface area contributed by atoms with E-state index in [1.165, 1.54) is 33.7 Å². The number of halogens is 1. The average molecular weight is 825 g/mol. The van der Waals surface area contributed by atoms with Gasteiger partial charge in [-0.3, -0.25) is 33.8 Å². The number of rotatable bonds is 10. The molecule has 5 aliphatic heterocycles. The van der Waals surface area contributed by atoms with Crippen molar-refractivity contribution in [3.63, 3.8) is 0 Å². The molecule has 6 N–H and O–H groups in total. The van der Waals surface area contributed by atoms with Gasteiger partial charge in [0.05, 0.1) is 29.7 Å². The smallest absolute Gasteiger partial charge is 0.352 e. The van der Waals surface area contributed by atoms with Crippen LogP contribution in [0.25, 0.3) is 0 Å². The second-order valence-electron chi connectivity index (χ2n) is 15.1. The molecule has 4 saturated heterocycles. The number of piperidine rings is 1. The number of thioether (sulfide) groups is 1. The molecule has 4 fully saturated rings. The number of carbonyl (C=O) groups is 7. The zero-order valence-electron chi connectivity index (χ0n) is 31.1. The monoisotopic (exact) mass is 824 g/mol. The summed E-state index contributed by atoms with van der Waals surface area (Å²) in [5, 5.41) is 37.5. The summed E-state index contributed by atoms with van der Waals surface area (Å²) in [6.45, 7) is 2.47. The Morgan fingerprint density at radius 1 is 0.965 bits per heavy atom. The highest BCUT2D eigenvalue weighted by atomic mass is 35.5. The molecule has 2 bridgehead atoms. The predicted molar refractivity (Wildman–Crippen MR) is 204 cm³/mol. The average Bonchev–Trinajstić information content (AvgIpc) is 3.32. The van der Waals surface area contributed by atoms with E-state index >= 15 is 0 Å². The molecule has 7 rings (SSSR count). The normalized spacial score (nSPS) is 27.4. The number of nitrogens with one attached hydrogen (secondary N) is 3. The molecule has 1 unspecified atom stereocenters. The highest BCUT2D eigenvalue weighted by Gasteiger charge is 2.57. The number of urea groups is 1. The van der Waals surface area contributed by atoms with Crippen LogP contribution in [0, 0.1) is 0 Å². The van der Waals surface area contributed by atoms with Gasteiger partial charge in [-0.1, -0.05) is 41.9 Å². The summed E-state index contributed by atoms with van der Waals surface area (Å²) in [5.41, 5.74) is 0.872. The summed E-state index contributed by atoms with van der Waals surface area (Å²) >= 11 is 7.46. The number of carboxylic acid groups (broad SMARTS) is 1. The SMILES string of the molecule is CCN1CCN(C(=O)N[C@H](C(=O)NC2C(=O)N3C(C(=O)O)=C(C[N+]4(C)[C@@H]5CC[C@@H]4CC(NC(=O)c4ccc(O)c(O)c4Cl)C5)CS[C@H]23)c2ccccc2)C(=O)C1=O. The lowest BCUT2D eigenvalue weighted by Crippen LogP contribution is -2.71. The molecule has 5 aliphatic rings. The fourth-order valence-electron chi connectivity index (χ4n) is 8.88. The van der Waals surface area contributed by atoms with E-state index in [0.29, 0.717) is 41.6 Å². The first-order valence-corrected chi connectivity index (χ1v) is 20.1. The van der Waals surface area contributed by atoms with E-state index in [1.807, 2.05) is 0 Å². The van der Waals surface area contributed by atoms with Gasteiger partial charge in [-0.05, 0) is 24.6 Å². The Bertz CT molecular complexity index is 2070. The van der Waals surface area contributed by atoms with E-state index in [4.69, 9.17) is 11.6 Å². The topological polar surface area (TPSA) is 226 Å².